The van der Waals surface area contributed by atoms with E-state index in [2.05, 4.69) is 5.32 Å². The van der Waals surface area contributed by atoms with Crippen LogP contribution >= 0.6 is 0 Å². The van der Waals surface area contributed by atoms with Crippen LogP contribution in [0.15, 0.2) is 12.1 Å². The Kier molecular flexibility index (Phi) is 6.05. The third kappa shape index (κ3) is 4.77. The molecule has 96 valence electrons. The molecule has 1 N–H and O–H groups in total. The van der Waals surface area contributed by atoms with Crippen molar-refractivity contribution < 1.29 is 13.2 Å². The first-order valence-corrected chi connectivity index (χ1v) is 5.93. The third-order valence-corrected chi connectivity index (χ3v) is 2.71. The van der Waals surface area contributed by atoms with Crippen molar-refractivity contribution in [3.8, 4) is 0 Å². The van der Waals surface area contributed by atoms with Gasteiger partial charge >= 0.3 is 0 Å². The van der Waals surface area contributed by atoms with E-state index in [1.807, 2.05) is 7.05 Å². The number of halogens is 3. The van der Waals surface area contributed by atoms with Crippen LogP contribution in [0.4, 0.5) is 13.2 Å². The van der Waals surface area contributed by atoms with Gasteiger partial charge in [-0.05, 0) is 32.9 Å². The summed E-state index contributed by atoms with van der Waals surface area (Å²) in [5, 5.41) is 3.04. The lowest BCUT2D eigenvalue weighted by atomic mass is 10.0. The quantitative estimate of drug-likeness (QED) is 0.726. The van der Waals surface area contributed by atoms with Crippen LogP contribution in [0, 0.1) is 17.5 Å². The Balaban J connectivity index is 2.36. The predicted octanol–water partition coefficient (Wildman–Crippen LogP) is 3.43. The molecule has 0 heterocycles. The monoisotopic (exact) mass is 245 g/mol. The summed E-state index contributed by atoms with van der Waals surface area (Å²) in [4.78, 5) is 0. The molecule has 1 nitrogen and oxygen atoms in total. The van der Waals surface area contributed by atoms with Crippen molar-refractivity contribution in [3.63, 3.8) is 0 Å². The summed E-state index contributed by atoms with van der Waals surface area (Å²) in [6, 6.07) is 1.47. The Labute approximate surface area is 100 Å². The fourth-order valence-corrected chi connectivity index (χ4v) is 1.77. The number of nitrogens with one attached hydrogen (secondary N) is 1. The summed E-state index contributed by atoms with van der Waals surface area (Å²) in [7, 11) is 1.89. The summed E-state index contributed by atoms with van der Waals surface area (Å²) in [6.07, 6.45) is 4.08. The first kappa shape index (κ1) is 14.0. The molecule has 0 aliphatic rings. The van der Waals surface area contributed by atoms with Gasteiger partial charge in [-0.15, -0.1) is 0 Å². The zero-order chi connectivity index (χ0) is 12.7. The second-order valence-electron chi connectivity index (χ2n) is 4.12. The molecule has 0 aliphatic heterocycles. The molecule has 0 amide bonds. The molecule has 0 fully saturated rings. The van der Waals surface area contributed by atoms with Crippen LogP contribution in [-0.2, 0) is 6.42 Å². The minimum atomic E-state index is -0.863. The molecule has 0 aliphatic carbocycles. The highest BCUT2D eigenvalue weighted by atomic mass is 19.1. The van der Waals surface area contributed by atoms with Crippen molar-refractivity contribution in [2.45, 2.75) is 32.1 Å². The maximum atomic E-state index is 13.3. The summed E-state index contributed by atoms with van der Waals surface area (Å²) in [5.41, 5.74) is 0.0000153. The highest BCUT2D eigenvalue weighted by Gasteiger charge is 2.10. The average molecular weight is 245 g/mol. The highest BCUT2D eigenvalue weighted by molar-refractivity contribution is 5.20. The number of hydrogen-bond donors (Lipinski definition) is 1. The molecule has 0 saturated carbocycles. The van der Waals surface area contributed by atoms with Crippen LogP contribution in [0.3, 0.4) is 0 Å². The molecule has 0 unspecified atom stereocenters. The van der Waals surface area contributed by atoms with Crippen molar-refractivity contribution >= 4 is 0 Å². The van der Waals surface area contributed by atoms with Crippen LogP contribution < -0.4 is 5.32 Å². The van der Waals surface area contributed by atoms with Crippen molar-refractivity contribution in [1.82, 2.24) is 5.32 Å². The third-order valence-electron chi connectivity index (χ3n) is 2.71. The maximum Gasteiger partial charge on any atom is 0.132 e. The van der Waals surface area contributed by atoms with Crippen molar-refractivity contribution in [2.75, 3.05) is 13.6 Å². The van der Waals surface area contributed by atoms with Gasteiger partial charge in [-0.1, -0.05) is 12.8 Å². The van der Waals surface area contributed by atoms with E-state index in [-0.39, 0.29) is 5.56 Å². The van der Waals surface area contributed by atoms with Gasteiger partial charge in [0.15, 0.2) is 0 Å². The van der Waals surface area contributed by atoms with Crippen LogP contribution in [0.1, 0.15) is 31.2 Å². The second-order valence-corrected chi connectivity index (χ2v) is 4.12. The normalized spacial score (nSPS) is 10.8. The average Bonchev–Trinajstić information content (AvgIpc) is 2.26. The lowest BCUT2D eigenvalue weighted by molar-refractivity contribution is 0.515. The number of benzene rings is 1. The summed E-state index contributed by atoms with van der Waals surface area (Å²) in [6.45, 7) is 0.958. The van der Waals surface area contributed by atoms with Gasteiger partial charge in [-0.3, -0.25) is 0 Å². The van der Waals surface area contributed by atoms with E-state index in [9.17, 15) is 13.2 Å². The Hall–Kier alpha value is -1.03. The van der Waals surface area contributed by atoms with E-state index in [4.69, 9.17) is 0 Å². The molecule has 0 saturated heterocycles. The molecule has 0 aromatic heterocycles. The molecule has 0 atom stereocenters. The zero-order valence-corrected chi connectivity index (χ0v) is 10.0. The number of unbranched alkanes of at least 4 members (excludes halogenated alkanes) is 3. The van der Waals surface area contributed by atoms with Crippen molar-refractivity contribution in [1.29, 1.82) is 0 Å². The van der Waals surface area contributed by atoms with Gasteiger partial charge in [-0.25, -0.2) is 13.2 Å². The smallest absolute Gasteiger partial charge is 0.132 e. The zero-order valence-electron chi connectivity index (χ0n) is 10.0. The molecule has 1 aromatic carbocycles. The number of rotatable bonds is 7. The van der Waals surface area contributed by atoms with Gasteiger partial charge in [0.1, 0.15) is 17.5 Å². The summed E-state index contributed by atoms with van der Waals surface area (Å²) in [5.74, 6) is -2.42. The van der Waals surface area contributed by atoms with Crippen molar-refractivity contribution in [2.24, 2.45) is 0 Å². The van der Waals surface area contributed by atoms with Gasteiger partial charge in [0.2, 0.25) is 0 Å². The van der Waals surface area contributed by atoms with Crippen LogP contribution in [0.2, 0.25) is 0 Å². The Morgan fingerprint density at radius 3 is 2.12 bits per heavy atom. The highest BCUT2D eigenvalue weighted by Crippen LogP contribution is 2.17. The molecule has 17 heavy (non-hydrogen) atoms. The van der Waals surface area contributed by atoms with Gasteiger partial charge in [0.05, 0.1) is 0 Å². The van der Waals surface area contributed by atoms with E-state index >= 15 is 0 Å². The van der Waals surface area contributed by atoms with E-state index in [0.717, 1.165) is 44.4 Å². The van der Waals surface area contributed by atoms with Gasteiger partial charge in [-0.2, -0.15) is 0 Å². The van der Waals surface area contributed by atoms with Gasteiger partial charge in [0.25, 0.3) is 0 Å². The first-order valence-electron chi connectivity index (χ1n) is 5.93. The minimum absolute atomic E-state index is 0.0000153. The molecule has 4 heteroatoms. The van der Waals surface area contributed by atoms with Crippen LogP contribution in [-0.4, -0.2) is 13.6 Å². The standard InChI is InChI=1S/C13H18F3N/c1-17-7-5-3-2-4-6-11-12(15)8-10(14)9-13(11)16/h8-9,17H,2-7H2,1H3. The van der Waals surface area contributed by atoms with E-state index in [0.29, 0.717) is 6.42 Å². The van der Waals surface area contributed by atoms with Gasteiger partial charge < -0.3 is 5.32 Å². The Bertz CT molecular complexity index is 330. The van der Waals surface area contributed by atoms with Crippen LogP contribution in [0.5, 0.6) is 0 Å². The molecular weight excluding hydrogens is 227 g/mol. The fourth-order valence-electron chi connectivity index (χ4n) is 1.77. The largest absolute Gasteiger partial charge is 0.320 e. The van der Waals surface area contributed by atoms with Gasteiger partial charge in [0, 0.05) is 17.7 Å². The molecule has 0 spiro atoms. The lowest BCUT2D eigenvalue weighted by Crippen LogP contribution is -2.07. The summed E-state index contributed by atoms with van der Waals surface area (Å²) < 4.78 is 39.2. The first-order chi connectivity index (χ1) is 8.15. The Morgan fingerprint density at radius 2 is 1.53 bits per heavy atom. The van der Waals surface area contributed by atoms with Crippen molar-refractivity contribution in [3.05, 3.63) is 35.1 Å². The SMILES string of the molecule is CNCCCCCCc1c(F)cc(F)cc1F. The minimum Gasteiger partial charge on any atom is -0.320 e. The van der Waals surface area contributed by atoms with E-state index in [1.54, 1.807) is 0 Å². The molecule has 1 rings (SSSR count). The van der Waals surface area contributed by atoms with E-state index in [1.165, 1.54) is 0 Å². The van der Waals surface area contributed by atoms with Crippen LogP contribution in [0.25, 0.3) is 0 Å². The molecule has 0 bridgehead atoms. The molecule has 0 radical (unpaired) electrons. The fraction of sp³-hybridized carbons (Fsp3) is 0.538. The topological polar surface area (TPSA) is 12.0 Å². The number of hydrogen-bond acceptors (Lipinski definition) is 1. The molecular formula is C13H18F3N. The maximum absolute atomic E-state index is 13.3. The lowest BCUT2D eigenvalue weighted by Gasteiger charge is -2.05. The second kappa shape index (κ2) is 7.33. The predicted molar refractivity (Wildman–Crippen MR) is 62.4 cm³/mol. The Morgan fingerprint density at radius 1 is 0.941 bits per heavy atom. The van der Waals surface area contributed by atoms with E-state index < -0.39 is 17.5 Å². The molecule has 1 aromatic rings. The summed E-state index contributed by atoms with van der Waals surface area (Å²) >= 11 is 0.